The molecule has 1 aromatic heterocycles. The fourth-order valence-electron chi connectivity index (χ4n) is 8.10. The van der Waals surface area contributed by atoms with E-state index in [1.54, 1.807) is 9.80 Å². The molecule has 0 unspecified atom stereocenters. The summed E-state index contributed by atoms with van der Waals surface area (Å²) in [6.45, 7) is 7.39. The zero-order chi connectivity index (χ0) is 47.9. The van der Waals surface area contributed by atoms with E-state index in [2.05, 4.69) is 20.0 Å². The van der Waals surface area contributed by atoms with Crippen molar-refractivity contribution >= 4 is 29.2 Å². The Bertz CT molecular complexity index is 2530. The van der Waals surface area contributed by atoms with Crippen LogP contribution < -0.4 is 15.5 Å². The summed E-state index contributed by atoms with van der Waals surface area (Å²) in [5.41, 5.74) is 6.98. The van der Waals surface area contributed by atoms with Gasteiger partial charge in [0.2, 0.25) is 5.89 Å². The first kappa shape index (κ1) is 48.1. The maximum atomic E-state index is 15.1. The molecular weight excluding hydrogens is 901 g/mol. The van der Waals surface area contributed by atoms with Crippen LogP contribution in [0.1, 0.15) is 33.8 Å². The molecule has 5 heterocycles. The standard InChI is InChI=1S/C24H23F4N5O3.C23H26F2N4O3/c25-17-3-5-18(6-4-17)33(24(34)32-9-7-31(8-10-32)19-13-35-14-19)12-16-2-1-15(11-20(16)26)22-29-30-23(36-22)21(27)28;24-18-3-5-19(6-4-18)29(13-17-2-1-16(11-21(17)25)22(30)12-26)23(31)28-9-7-27(8-10-28)20-14-32-15-20/h1-6,11,19,21H,7-10,12-14H2;1-6,11,20H,7-10,12-15,26H2. The molecule has 4 aliphatic rings. The largest absolute Gasteiger partial charge is 0.415 e. The van der Waals surface area contributed by atoms with Gasteiger partial charge in [0.1, 0.15) is 23.3 Å². The van der Waals surface area contributed by atoms with Crippen molar-refractivity contribution < 1.29 is 54.6 Å². The number of urea groups is 2. The van der Waals surface area contributed by atoms with Crippen molar-refractivity contribution in [3.05, 3.63) is 131 Å². The number of rotatable bonds is 12. The minimum Gasteiger partial charge on any atom is -0.415 e. The highest BCUT2D eigenvalue weighted by molar-refractivity contribution is 5.97. The number of aromatic nitrogens is 2. The van der Waals surface area contributed by atoms with E-state index in [-0.39, 0.29) is 65.6 Å². The van der Waals surface area contributed by atoms with E-state index < -0.39 is 35.6 Å². The second-order valence-electron chi connectivity index (χ2n) is 16.6. The first-order valence-electron chi connectivity index (χ1n) is 22.0. The molecule has 360 valence electrons. The first-order chi connectivity index (χ1) is 32.8. The number of carbonyl (C=O) groups excluding carboxylic acids is 3. The normalized spacial score (nSPS) is 17.0. The van der Waals surface area contributed by atoms with Crippen LogP contribution in [0.15, 0.2) is 89.3 Å². The highest BCUT2D eigenvalue weighted by Crippen LogP contribution is 2.28. The zero-order valence-corrected chi connectivity index (χ0v) is 36.8. The molecule has 4 fully saturated rings. The number of anilines is 2. The SMILES string of the molecule is NCC(=O)c1ccc(CN(C(=O)N2CCN(C3COC3)CC2)c2ccc(F)cc2)c(F)c1.O=C(N1CCN(C2COC2)CC1)N(Cc1ccc(-c2nnc(C(F)F)o2)cc1F)c1ccc(F)cc1. The zero-order valence-electron chi connectivity index (χ0n) is 36.8. The summed E-state index contributed by atoms with van der Waals surface area (Å²) in [7, 11) is 0. The van der Waals surface area contributed by atoms with Crippen molar-refractivity contribution in [1.29, 1.82) is 0 Å². The summed E-state index contributed by atoms with van der Waals surface area (Å²) in [6, 6.07) is 19.2. The van der Waals surface area contributed by atoms with Crippen molar-refractivity contribution in [3.8, 4) is 11.5 Å². The van der Waals surface area contributed by atoms with Crippen LogP contribution in [0, 0.1) is 23.3 Å². The van der Waals surface area contributed by atoms with Gasteiger partial charge < -0.3 is 29.4 Å². The van der Waals surface area contributed by atoms with Crippen LogP contribution in [0.4, 0.5) is 47.3 Å². The first-order valence-corrected chi connectivity index (χ1v) is 22.0. The van der Waals surface area contributed by atoms with Crippen molar-refractivity contribution in [2.75, 3.05) is 95.1 Å². The van der Waals surface area contributed by atoms with Crippen LogP contribution in [0.25, 0.3) is 11.5 Å². The minimum atomic E-state index is -2.94. The molecular formula is C47H49F6N9O6. The van der Waals surface area contributed by atoms with Crippen LogP contribution >= 0.6 is 0 Å². The summed E-state index contributed by atoms with van der Waals surface area (Å²) in [5.74, 6) is -3.62. The van der Waals surface area contributed by atoms with Crippen LogP contribution in [0.2, 0.25) is 0 Å². The molecule has 0 bridgehead atoms. The predicted molar refractivity (Wildman–Crippen MR) is 236 cm³/mol. The number of nitrogens with two attached hydrogens (primary N) is 1. The van der Waals surface area contributed by atoms with Crippen molar-refractivity contribution in [2.24, 2.45) is 5.73 Å². The Morgan fingerprint density at radius 3 is 1.46 bits per heavy atom. The van der Waals surface area contributed by atoms with Crippen LogP contribution in [0.3, 0.4) is 0 Å². The average Bonchev–Trinajstić information content (AvgIpc) is 3.82. The third-order valence-corrected chi connectivity index (χ3v) is 12.3. The average molecular weight is 950 g/mol. The Morgan fingerprint density at radius 1 is 0.618 bits per heavy atom. The molecule has 0 saturated carbocycles. The topological polar surface area (TPSA) is 154 Å². The van der Waals surface area contributed by atoms with Crippen molar-refractivity contribution in [2.45, 2.75) is 31.6 Å². The fraction of sp³-hybridized carbons (Fsp3) is 0.383. The molecule has 68 heavy (non-hydrogen) atoms. The smallest absolute Gasteiger partial charge is 0.324 e. The number of ketones is 1. The van der Waals surface area contributed by atoms with Crippen molar-refractivity contribution in [3.63, 3.8) is 0 Å². The summed E-state index contributed by atoms with van der Waals surface area (Å²) < 4.78 is 97.7. The summed E-state index contributed by atoms with van der Waals surface area (Å²) in [5, 5.41) is 6.78. The number of piperazine rings is 2. The third kappa shape index (κ3) is 11.3. The van der Waals surface area contributed by atoms with Gasteiger partial charge in [0.25, 0.3) is 5.89 Å². The molecule has 0 spiro atoms. The number of nitrogens with zero attached hydrogens (tertiary/aromatic N) is 8. The third-order valence-electron chi connectivity index (χ3n) is 12.3. The lowest BCUT2D eigenvalue weighted by Crippen LogP contribution is -2.59. The molecule has 9 rings (SSSR count). The van der Waals surface area contributed by atoms with E-state index in [0.717, 1.165) is 38.4 Å². The highest BCUT2D eigenvalue weighted by Gasteiger charge is 2.34. The fourth-order valence-corrected chi connectivity index (χ4v) is 8.10. The van der Waals surface area contributed by atoms with Crippen LogP contribution in [-0.2, 0) is 22.6 Å². The number of halogens is 6. The second-order valence-corrected chi connectivity index (χ2v) is 16.6. The molecule has 0 radical (unpaired) electrons. The number of carbonyl (C=O) groups is 3. The number of benzene rings is 4. The lowest BCUT2D eigenvalue weighted by atomic mass is 10.1. The Labute approximate surface area is 387 Å². The molecule has 15 nitrogen and oxygen atoms in total. The van der Waals surface area contributed by atoms with Gasteiger partial charge in [-0.05, 0) is 66.7 Å². The van der Waals surface area contributed by atoms with E-state index in [1.165, 1.54) is 82.6 Å². The molecule has 5 aromatic rings. The van der Waals surface area contributed by atoms with Gasteiger partial charge in [-0.2, -0.15) is 8.78 Å². The molecule has 4 aromatic carbocycles. The quantitative estimate of drug-likeness (QED) is 0.110. The number of Topliss-reactive ketones (excluding diaryl/α,β-unsaturated/α-hetero) is 1. The Hall–Kier alpha value is -6.39. The molecule has 4 amide bonds. The van der Waals surface area contributed by atoms with E-state index in [1.807, 2.05) is 0 Å². The molecule has 4 aliphatic heterocycles. The summed E-state index contributed by atoms with van der Waals surface area (Å²) in [6.07, 6.45) is -2.94. The number of hydrogen-bond acceptors (Lipinski definition) is 11. The predicted octanol–water partition coefficient (Wildman–Crippen LogP) is 6.34. The van der Waals surface area contributed by atoms with Crippen molar-refractivity contribution in [1.82, 2.24) is 29.8 Å². The highest BCUT2D eigenvalue weighted by atomic mass is 19.3. The minimum absolute atomic E-state index is 0.0515. The number of alkyl halides is 2. The maximum absolute atomic E-state index is 15.1. The van der Waals surface area contributed by atoms with Crippen LogP contribution in [-0.4, -0.2) is 145 Å². The molecule has 0 atom stereocenters. The second kappa shape index (κ2) is 21.7. The molecule has 21 heteroatoms. The van der Waals surface area contributed by atoms with Gasteiger partial charge in [-0.25, -0.2) is 27.2 Å². The van der Waals surface area contributed by atoms with E-state index >= 15 is 4.39 Å². The molecule has 2 N–H and O–H groups in total. The number of hydrogen-bond donors (Lipinski definition) is 1. The lowest BCUT2D eigenvalue weighted by molar-refractivity contribution is -0.0738. The van der Waals surface area contributed by atoms with E-state index in [9.17, 15) is 36.3 Å². The van der Waals surface area contributed by atoms with Gasteiger partial charge in [-0.15, -0.1) is 10.2 Å². The summed E-state index contributed by atoms with van der Waals surface area (Å²) in [4.78, 5) is 49.5. The van der Waals surface area contributed by atoms with Gasteiger partial charge in [0.15, 0.2) is 5.78 Å². The molecule has 4 saturated heterocycles. The van der Waals surface area contributed by atoms with Gasteiger partial charge in [0.05, 0.1) is 58.1 Å². The maximum Gasteiger partial charge on any atom is 0.324 e. The number of amides is 4. The lowest BCUT2D eigenvalue weighted by Gasteiger charge is -2.43. The Morgan fingerprint density at radius 2 is 1.07 bits per heavy atom. The Balaban J connectivity index is 0.000000185. The van der Waals surface area contributed by atoms with Gasteiger partial charge >= 0.3 is 18.5 Å². The summed E-state index contributed by atoms with van der Waals surface area (Å²) >= 11 is 0. The number of ether oxygens (including phenoxy) is 2. The van der Waals surface area contributed by atoms with Gasteiger partial charge in [-0.1, -0.05) is 18.2 Å². The van der Waals surface area contributed by atoms with E-state index in [4.69, 9.17) is 19.6 Å². The van der Waals surface area contributed by atoms with Gasteiger partial charge in [0, 0.05) is 86.0 Å². The monoisotopic (exact) mass is 949 g/mol. The molecule has 0 aliphatic carbocycles. The Kier molecular flexibility index (Phi) is 15.3. The van der Waals surface area contributed by atoms with Gasteiger partial charge in [-0.3, -0.25) is 24.4 Å². The van der Waals surface area contributed by atoms with Crippen LogP contribution in [0.5, 0.6) is 0 Å². The van der Waals surface area contributed by atoms with E-state index in [0.29, 0.717) is 75.9 Å².